The maximum atomic E-state index is 13.6. The highest BCUT2D eigenvalue weighted by Crippen LogP contribution is 2.45. The molecule has 1 aromatic rings. The van der Waals surface area contributed by atoms with Gasteiger partial charge in [-0.15, -0.1) is 0 Å². The van der Waals surface area contributed by atoms with Crippen molar-refractivity contribution in [3.05, 3.63) is 62.5 Å². The molecule has 1 heterocycles. The minimum absolute atomic E-state index is 0.107. The van der Waals surface area contributed by atoms with Gasteiger partial charge in [-0.2, -0.15) is 11.8 Å². The van der Waals surface area contributed by atoms with Crippen LogP contribution in [0.1, 0.15) is 38.7 Å². The van der Waals surface area contributed by atoms with Crippen molar-refractivity contribution >= 4 is 35.2 Å². The van der Waals surface area contributed by atoms with Crippen LogP contribution in [-0.4, -0.2) is 47.9 Å². The number of thioether (sulfide) groups is 1. The first-order chi connectivity index (χ1) is 16.2. The Morgan fingerprint density at radius 1 is 1.26 bits per heavy atom. The van der Waals surface area contributed by atoms with E-state index >= 15 is 0 Å². The van der Waals surface area contributed by atoms with E-state index in [1.54, 1.807) is 25.6 Å². The summed E-state index contributed by atoms with van der Waals surface area (Å²) in [7, 11) is 1.24. The van der Waals surface area contributed by atoms with E-state index in [9.17, 15) is 24.5 Å². The predicted molar refractivity (Wildman–Crippen MR) is 127 cm³/mol. The van der Waals surface area contributed by atoms with Gasteiger partial charge in [-0.1, -0.05) is 26.0 Å². The van der Waals surface area contributed by atoms with Gasteiger partial charge in [0, 0.05) is 40.8 Å². The van der Waals surface area contributed by atoms with Gasteiger partial charge in [0.1, 0.15) is 12.5 Å². The molecule has 1 aliphatic carbocycles. The molecule has 1 N–H and O–H groups in total. The Morgan fingerprint density at radius 3 is 2.53 bits per heavy atom. The second-order valence-corrected chi connectivity index (χ2v) is 9.61. The van der Waals surface area contributed by atoms with Gasteiger partial charge in [-0.05, 0) is 30.6 Å². The number of carbonyl (C=O) groups excluding carboxylic acids is 3. The molecule has 1 aromatic carbocycles. The zero-order chi connectivity index (χ0) is 25.0. The lowest BCUT2D eigenvalue weighted by molar-refractivity contribution is -0.384. The number of carbonyl (C=O) groups is 3. The molecule has 3 rings (SSSR count). The summed E-state index contributed by atoms with van der Waals surface area (Å²) in [5, 5.41) is 14.3. The van der Waals surface area contributed by atoms with Gasteiger partial charge in [-0.3, -0.25) is 19.7 Å². The van der Waals surface area contributed by atoms with Crippen molar-refractivity contribution in [2.75, 3.05) is 25.2 Å². The first kappa shape index (κ1) is 25.5. The van der Waals surface area contributed by atoms with Crippen molar-refractivity contribution in [3.8, 4) is 0 Å². The van der Waals surface area contributed by atoms with Gasteiger partial charge in [0.15, 0.2) is 5.78 Å². The van der Waals surface area contributed by atoms with E-state index in [1.165, 1.54) is 31.4 Å². The highest BCUT2D eigenvalue weighted by Gasteiger charge is 2.47. The average molecular weight is 489 g/mol. The van der Waals surface area contributed by atoms with E-state index in [-0.39, 0.29) is 23.8 Å². The topological polar surface area (TPSA) is 125 Å². The Hall–Kier alpha value is -3.14. The molecule has 9 nitrogen and oxygen atoms in total. The first-order valence-corrected chi connectivity index (χ1v) is 12.2. The lowest BCUT2D eigenvalue weighted by Gasteiger charge is -2.38. The van der Waals surface area contributed by atoms with Gasteiger partial charge in [0.25, 0.3) is 5.69 Å². The number of rotatable bonds is 8. The summed E-state index contributed by atoms with van der Waals surface area (Å²) in [5.74, 6) is -2.20. The number of nitro groups is 1. The van der Waals surface area contributed by atoms with Crippen LogP contribution in [0.4, 0.5) is 5.69 Å². The predicted octanol–water partition coefficient (Wildman–Crippen LogP) is 3.50. The van der Waals surface area contributed by atoms with Crippen molar-refractivity contribution in [1.29, 1.82) is 0 Å². The SMILES string of the molecule is CCSCCOC(=O)C1=C(C)NC2=C(C(=O)[C@@H](C(=O)OC)[C@H](C)C2)[C@H]1c1ccc([N+](=O)[O-])cc1. The molecule has 182 valence electrons. The lowest BCUT2D eigenvalue weighted by atomic mass is 9.69. The normalized spacial score (nSPS) is 22.1. The van der Waals surface area contributed by atoms with Crippen LogP contribution in [0.15, 0.2) is 46.8 Å². The van der Waals surface area contributed by atoms with Gasteiger partial charge >= 0.3 is 11.9 Å². The molecule has 3 atom stereocenters. The number of non-ortho nitro benzene ring substituents is 1. The zero-order valence-corrected chi connectivity index (χ0v) is 20.4. The number of nitrogens with zero attached hydrogens (tertiary/aromatic N) is 1. The average Bonchev–Trinajstić information content (AvgIpc) is 2.80. The van der Waals surface area contributed by atoms with Crippen LogP contribution in [0.2, 0.25) is 0 Å². The Balaban J connectivity index is 2.08. The smallest absolute Gasteiger partial charge is 0.336 e. The van der Waals surface area contributed by atoms with Crippen LogP contribution in [0, 0.1) is 22.0 Å². The highest BCUT2D eigenvalue weighted by molar-refractivity contribution is 7.99. The van der Waals surface area contributed by atoms with Crippen molar-refractivity contribution in [3.63, 3.8) is 0 Å². The van der Waals surface area contributed by atoms with E-state index in [2.05, 4.69) is 5.32 Å². The standard InChI is InChI=1S/C24H28N2O7S/c1-5-34-11-10-33-24(29)19-14(3)25-17-12-13(2)18(23(28)32-4)22(27)21(17)20(19)15-6-8-16(9-7-15)26(30)31/h6-9,13,18,20,25H,5,10-12H2,1-4H3/t13-,18+,20+/m1/s1. The Kier molecular flexibility index (Phi) is 8.14. The molecule has 0 amide bonds. The van der Waals surface area contributed by atoms with Gasteiger partial charge in [0.05, 0.1) is 17.6 Å². The summed E-state index contributed by atoms with van der Waals surface area (Å²) >= 11 is 1.64. The number of nitrogens with one attached hydrogen (secondary N) is 1. The van der Waals surface area contributed by atoms with Crippen molar-refractivity contribution in [2.24, 2.45) is 11.8 Å². The molecule has 0 unspecified atom stereocenters. The third-order valence-corrected chi connectivity index (χ3v) is 6.93. The molecule has 0 fully saturated rings. The number of nitro benzene ring substituents is 1. The number of ketones is 1. The maximum absolute atomic E-state index is 13.6. The third kappa shape index (κ3) is 5.01. The maximum Gasteiger partial charge on any atom is 0.336 e. The van der Waals surface area contributed by atoms with Gasteiger partial charge in [-0.25, -0.2) is 4.79 Å². The van der Waals surface area contributed by atoms with Crippen molar-refractivity contribution < 1.29 is 28.8 Å². The van der Waals surface area contributed by atoms with Crippen LogP contribution in [-0.2, 0) is 23.9 Å². The Bertz CT molecular complexity index is 1060. The minimum Gasteiger partial charge on any atom is -0.468 e. The van der Waals surface area contributed by atoms with E-state index in [4.69, 9.17) is 9.47 Å². The fraction of sp³-hybridized carbons (Fsp3) is 0.458. The summed E-state index contributed by atoms with van der Waals surface area (Å²) in [5.41, 5.74) is 2.15. The largest absolute Gasteiger partial charge is 0.468 e. The molecule has 1 aliphatic heterocycles. The second kappa shape index (κ2) is 10.9. The molecule has 0 spiro atoms. The second-order valence-electron chi connectivity index (χ2n) is 8.22. The lowest BCUT2D eigenvalue weighted by Crippen LogP contribution is -2.43. The number of dihydropyridines is 1. The number of Topliss-reactive ketones (excluding diaryl/α,β-unsaturated/α-hetero) is 1. The van der Waals surface area contributed by atoms with Crippen LogP contribution in [0.3, 0.4) is 0 Å². The monoisotopic (exact) mass is 488 g/mol. The molecule has 0 saturated heterocycles. The van der Waals surface area contributed by atoms with Crippen LogP contribution in [0.25, 0.3) is 0 Å². The highest BCUT2D eigenvalue weighted by atomic mass is 32.2. The fourth-order valence-corrected chi connectivity index (χ4v) is 4.98. The van der Waals surface area contributed by atoms with Gasteiger partial charge < -0.3 is 14.8 Å². The first-order valence-electron chi connectivity index (χ1n) is 11.0. The van der Waals surface area contributed by atoms with Crippen LogP contribution in [0.5, 0.6) is 0 Å². The number of hydrogen-bond acceptors (Lipinski definition) is 9. The van der Waals surface area contributed by atoms with Crippen molar-refractivity contribution in [1.82, 2.24) is 5.32 Å². The molecule has 0 radical (unpaired) electrons. The molecule has 10 heteroatoms. The Morgan fingerprint density at radius 2 is 1.94 bits per heavy atom. The summed E-state index contributed by atoms with van der Waals surface area (Å²) in [6.45, 7) is 5.76. The van der Waals surface area contributed by atoms with Crippen LogP contribution >= 0.6 is 11.8 Å². The number of benzene rings is 1. The fourth-order valence-electron chi connectivity index (χ4n) is 4.49. The molecule has 0 saturated carbocycles. The van der Waals surface area contributed by atoms with E-state index < -0.39 is 34.5 Å². The molecular formula is C24H28N2O7S. The van der Waals surface area contributed by atoms with E-state index in [0.717, 1.165) is 5.75 Å². The molecule has 2 aliphatic rings. The van der Waals surface area contributed by atoms with E-state index in [1.807, 2.05) is 6.92 Å². The molecule has 34 heavy (non-hydrogen) atoms. The van der Waals surface area contributed by atoms with Crippen LogP contribution < -0.4 is 5.32 Å². The summed E-state index contributed by atoms with van der Waals surface area (Å²) in [6, 6.07) is 5.73. The molecular weight excluding hydrogens is 460 g/mol. The quantitative estimate of drug-likeness (QED) is 0.192. The molecule has 0 bridgehead atoms. The van der Waals surface area contributed by atoms with Crippen molar-refractivity contribution in [2.45, 2.75) is 33.1 Å². The number of ether oxygens (including phenoxy) is 2. The number of esters is 2. The summed E-state index contributed by atoms with van der Waals surface area (Å²) < 4.78 is 10.4. The minimum atomic E-state index is -0.997. The number of methoxy groups -OCH3 is 1. The Labute approximate surface area is 202 Å². The molecule has 0 aromatic heterocycles. The zero-order valence-electron chi connectivity index (χ0n) is 19.6. The van der Waals surface area contributed by atoms with E-state index in [0.29, 0.717) is 34.7 Å². The summed E-state index contributed by atoms with van der Waals surface area (Å²) in [4.78, 5) is 49.9. The number of allylic oxidation sites excluding steroid dienone is 3. The summed E-state index contributed by atoms with van der Waals surface area (Å²) in [6.07, 6.45) is 0.414. The third-order valence-electron chi connectivity index (χ3n) is 6.07. The van der Waals surface area contributed by atoms with Gasteiger partial charge in [0.2, 0.25) is 0 Å². The number of hydrogen-bond donors (Lipinski definition) is 1.